The molecule has 11 heteroatoms. The molecule has 214 valence electrons. The average Bonchev–Trinajstić information content (AvgIpc) is 2.95. The maximum Gasteiger partial charge on any atom is 0.264 e. The summed E-state index contributed by atoms with van der Waals surface area (Å²) < 4.78 is 39.3. The number of hydrogen-bond donors (Lipinski definition) is 1. The predicted molar refractivity (Wildman–Crippen MR) is 155 cm³/mol. The van der Waals surface area contributed by atoms with Gasteiger partial charge in [-0.15, -0.1) is 0 Å². The van der Waals surface area contributed by atoms with Gasteiger partial charge >= 0.3 is 0 Å². The molecule has 3 aromatic carbocycles. The zero-order valence-corrected chi connectivity index (χ0v) is 24.8. The fourth-order valence-electron chi connectivity index (χ4n) is 4.19. The highest BCUT2D eigenvalue weighted by molar-refractivity contribution is 7.92. The molecule has 1 atom stereocenters. The zero-order valence-electron chi connectivity index (χ0n) is 23.2. The molecule has 40 heavy (non-hydrogen) atoms. The van der Waals surface area contributed by atoms with Gasteiger partial charge in [-0.25, -0.2) is 8.42 Å². The Morgan fingerprint density at radius 2 is 1.62 bits per heavy atom. The van der Waals surface area contributed by atoms with Crippen LogP contribution in [0.2, 0.25) is 5.02 Å². The standard InChI is InChI=1S/C29H34ClN3O6S/c1-6-26(29(35)31-3)32(18-21-9-12-23(38-4)13-10-21)28(34)19-33(22-11-16-27(39-5)25(30)17-22)40(36,37)24-14-7-20(2)8-15-24/h7-17,26H,6,18-19H2,1-5H3,(H,31,35). The van der Waals surface area contributed by atoms with Crippen LogP contribution in [0, 0.1) is 6.92 Å². The van der Waals surface area contributed by atoms with Gasteiger partial charge in [0.1, 0.15) is 24.1 Å². The molecule has 2 amide bonds. The number of anilines is 1. The van der Waals surface area contributed by atoms with Gasteiger partial charge in [-0.05, 0) is 61.4 Å². The van der Waals surface area contributed by atoms with Crippen LogP contribution in [0.25, 0.3) is 0 Å². The van der Waals surface area contributed by atoms with Crippen molar-refractivity contribution in [2.24, 2.45) is 0 Å². The molecule has 0 aliphatic rings. The second-order valence-corrected chi connectivity index (χ2v) is 11.3. The summed E-state index contributed by atoms with van der Waals surface area (Å²) in [6, 6.07) is 17.1. The summed E-state index contributed by atoms with van der Waals surface area (Å²) in [5, 5.41) is 2.79. The third-order valence-corrected chi connectivity index (χ3v) is 8.54. The van der Waals surface area contributed by atoms with Gasteiger partial charge in [0, 0.05) is 13.6 Å². The maximum absolute atomic E-state index is 14.0. The largest absolute Gasteiger partial charge is 0.497 e. The van der Waals surface area contributed by atoms with E-state index in [0.29, 0.717) is 17.9 Å². The quantitative estimate of drug-likeness (QED) is 0.336. The molecule has 3 aromatic rings. The SMILES string of the molecule is CCC(C(=O)NC)N(Cc1ccc(OC)cc1)C(=O)CN(c1ccc(OC)c(Cl)c1)S(=O)(=O)c1ccc(C)cc1. The Morgan fingerprint density at radius 1 is 0.975 bits per heavy atom. The normalized spacial score (nSPS) is 11.8. The van der Waals surface area contributed by atoms with E-state index in [2.05, 4.69) is 5.32 Å². The van der Waals surface area contributed by atoms with Crippen molar-refractivity contribution >= 4 is 39.1 Å². The molecule has 0 radical (unpaired) electrons. The lowest BCUT2D eigenvalue weighted by atomic mass is 10.1. The number of carbonyl (C=O) groups excluding carboxylic acids is 2. The third-order valence-electron chi connectivity index (χ3n) is 6.46. The second-order valence-electron chi connectivity index (χ2n) is 9.05. The van der Waals surface area contributed by atoms with E-state index >= 15 is 0 Å². The van der Waals surface area contributed by atoms with E-state index in [4.69, 9.17) is 21.1 Å². The smallest absolute Gasteiger partial charge is 0.264 e. The van der Waals surface area contributed by atoms with Crippen LogP contribution in [0.1, 0.15) is 24.5 Å². The van der Waals surface area contributed by atoms with Gasteiger partial charge in [0.05, 0.1) is 29.8 Å². The van der Waals surface area contributed by atoms with Crippen LogP contribution < -0.4 is 19.1 Å². The van der Waals surface area contributed by atoms with Gasteiger partial charge in [-0.2, -0.15) is 0 Å². The fraction of sp³-hybridized carbons (Fsp3) is 0.310. The van der Waals surface area contributed by atoms with Gasteiger partial charge in [-0.3, -0.25) is 13.9 Å². The van der Waals surface area contributed by atoms with Crippen molar-refractivity contribution < 1.29 is 27.5 Å². The highest BCUT2D eigenvalue weighted by Gasteiger charge is 2.33. The number of likely N-dealkylation sites (N-methyl/N-ethyl adjacent to an activating group) is 1. The van der Waals surface area contributed by atoms with E-state index in [-0.39, 0.29) is 28.1 Å². The minimum absolute atomic E-state index is 0.0119. The third kappa shape index (κ3) is 7.05. The van der Waals surface area contributed by atoms with Crippen LogP contribution in [-0.4, -0.2) is 59.0 Å². The molecular formula is C29H34ClN3O6S. The number of nitrogens with zero attached hydrogens (tertiary/aromatic N) is 2. The molecule has 0 saturated carbocycles. The first-order valence-electron chi connectivity index (χ1n) is 12.6. The molecule has 1 unspecified atom stereocenters. The van der Waals surface area contributed by atoms with Crippen LogP contribution in [-0.2, 0) is 26.2 Å². The maximum atomic E-state index is 14.0. The molecule has 0 fully saturated rings. The molecule has 3 rings (SSSR count). The van der Waals surface area contributed by atoms with Gasteiger partial charge < -0.3 is 19.7 Å². The van der Waals surface area contributed by atoms with Crippen molar-refractivity contribution in [3.8, 4) is 11.5 Å². The summed E-state index contributed by atoms with van der Waals surface area (Å²) in [6.45, 7) is 3.15. The predicted octanol–water partition coefficient (Wildman–Crippen LogP) is 4.41. The number of ether oxygens (including phenoxy) is 2. The van der Waals surface area contributed by atoms with Gasteiger partial charge in [0.2, 0.25) is 11.8 Å². The average molecular weight is 588 g/mol. The number of halogens is 1. The molecule has 0 aliphatic carbocycles. The molecular weight excluding hydrogens is 554 g/mol. The highest BCUT2D eigenvalue weighted by Crippen LogP contribution is 2.32. The van der Waals surface area contributed by atoms with E-state index < -0.39 is 28.5 Å². The minimum atomic E-state index is -4.21. The first-order chi connectivity index (χ1) is 19.0. The number of amides is 2. The first-order valence-corrected chi connectivity index (χ1v) is 14.4. The monoisotopic (exact) mass is 587 g/mol. The molecule has 0 bridgehead atoms. The van der Waals surface area contributed by atoms with Gasteiger partial charge in [-0.1, -0.05) is 48.4 Å². The Kier molecular flexibility index (Phi) is 10.4. The van der Waals surface area contributed by atoms with Crippen molar-refractivity contribution in [2.75, 3.05) is 32.1 Å². The number of rotatable bonds is 12. The summed E-state index contributed by atoms with van der Waals surface area (Å²) in [6.07, 6.45) is 0.320. The van der Waals surface area contributed by atoms with Crippen molar-refractivity contribution in [3.63, 3.8) is 0 Å². The molecule has 1 N–H and O–H groups in total. The van der Waals surface area contributed by atoms with Crippen LogP contribution in [0.3, 0.4) is 0 Å². The molecule has 0 aliphatic heterocycles. The lowest BCUT2D eigenvalue weighted by Crippen LogP contribution is -2.51. The highest BCUT2D eigenvalue weighted by atomic mass is 35.5. The Bertz CT molecular complexity index is 1430. The number of methoxy groups -OCH3 is 2. The van der Waals surface area contributed by atoms with Gasteiger partial charge in [0.15, 0.2) is 0 Å². The number of carbonyl (C=O) groups is 2. The summed E-state index contributed by atoms with van der Waals surface area (Å²) in [4.78, 5) is 28.2. The summed E-state index contributed by atoms with van der Waals surface area (Å²) in [7, 11) is 0.292. The van der Waals surface area contributed by atoms with Crippen LogP contribution in [0.5, 0.6) is 11.5 Å². The van der Waals surface area contributed by atoms with Crippen molar-refractivity contribution in [2.45, 2.75) is 37.8 Å². The number of sulfonamides is 1. The first kappa shape index (κ1) is 30.8. The van der Waals surface area contributed by atoms with Crippen molar-refractivity contribution in [1.82, 2.24) is 10.2 Å². The van der Waals surface area contributed by atoms with Crippen LogP contribution in [0.15, 0.2) is 71.6 Å². The van der Waals surface area contributed by atoms with E-state index in [1.54, 1.807) is 50.4 Å². The summed E-state index contributed by atoms with van der Waals surface area (Å²) in [5.74, 6) is 0.0848. The number of benzene rings is 3. The fourth-order valence-corrected chi connectivity index (χ4v) is 5.85. The summed E-state index contributed by atoms with van der Waals surface area (Å²) in [5.41, 5.74) is 1.81. The number of nitrogens with one attached hydrogen (secondary N) is 1. The Morgan fingerprint density at radius 3 is 2.15 bits per heavy atom. The van der Waals surface area contributed by atoms with Crippen LogP contribution in [0.4, 0.5) is 5.69 Å². The van der Waals surface area contributed by atoms with Crippen LogP contribution >= 0.6 is 11.6 Å². The molecule has 0 heterocycles. The lowest BCUT2D eigenvalue weighted by Gasteiger charge is -2.33. The molecule has 0 aromatic heterocycles. The minimum Gasteiger partial charge on any atom is -0.497 e. The zero-order chi connectivity index (χ0) is 29.4. The number of hydrogen-bond acceptors (Lipinski definition) is 6. The Balaban J connectivity index is 2.08. The molecule has 0 saturated heterocycles. The Labute approximate surface area is 240 Å². The van der Waals surface area contributed by atoms with E-state index in [9.17, 15) is 18.0 Å². The number of aryl methyl sites for hydroxylation is 1. The van der Waals surface area contributed by atoms with E-state index in [1.807, 2.05) is 6.92 Å². The van der Waals surface area contributed by atoms with Crippen molar-refractivity contribution in [3.05, 3.63) is 82.9 Å². The van der Waals surface area contributed by atoms with Crippen molar-refractivity contribution in [1.29, 1.82) is 0 Å². The molecule has 9 nitrogen and oxygen atoms in total. The topological polar surface area (TPSA) is 105 Å². The second kappa shape index (κ2) is 13.5. The van der Waals surface area contributed by atoms with E-state index in [1.165, 1.54) is 49.4 Å². The summed E-state index contributed by atoms with van der Waals surface area (Å²) >= 11 is 6.35. The van der Waals surface area contributed by atoms with Gasteiger partial charge in [0.25, 0.3) is 10.0 Å². The lowest BCUT2D eigenvalue weighted by molar-refractivity contribution is -0.140. The Hall–Kier alpha value is -3.76. The van der Waals surface area contributed by atoms with E-state index in [0.717, 1.165) is 15.4 Å². The molecule has 0 spiro atoms.